The molecule has 4 atom stereocenters. The molecule has 114 valence electrons. The van der Waals surface area contributed by atoms with Crippen LogP contribution in [0.1, 0.15) is 26.7 Å². The van der Waals surface area contributed by atoms with Gasteiger partial charge in [-0.1, -0.05) is 0 Å². The number of hydrogen-bond donors (Lipinski definition) is 0. The van der Waals surface area contributed by atoms with Crippen molar-refractivity contribution in [3.63, 3.8) is 0 Å². The third kappa shape index (κ3) is 2.94. The average molecular weight is 287 g/mol. The van der Waals surface area contributed by atoms with Crippen molar-refractivity contribution < 1.29 is 28.5 Å². The number of nitrogens with zero attached hydrogens (tertiary/aromatic N) is 1. The van der Waals surface area contributed by atoms with Crippen LogP contribution in [0.4, 0.5) is 0 Å². The summed E-state index contributed by atoms with van der Waals surface area (Å²) in [6.07, 6.45) is -1.06. The quantitative estimate of drug-likeness (QED) is 0.696. The van der Waals surface area contributed by atoms with E-state index >= 15 is 0 Å². The van der Waals surface area contributed by atoms with Gasteiger partial charge in [0.15, 0.2) is 6.10 Å². The van der Waals surface area contributed by atoms with Gasteiger partial charge in [0.05, 0.1) is 19.3 Å². The summed E-state index contributed by atoms with van der Waals surface area (Å²) < 4.78 is 27.0. The van der Waals surface area contributed by atoms with Gasteiger partial charge in [0.25, 0.3) is 0 Å². The second-order valence-corrected chi connectivity index (χ2v) is 4.71. The molecule has 0 radical (unpaired) electrons. The molecule has 0 bridgehead atoms. The maximum atomic E-state index is 11.8. The normalized spacial score (nSPS) is 37.2. The number of carbonyl (C=O) groups is 1. The van der Waals surface area contributed by atoms with Crippen molar-refractivity contribution in [2.24, 2.45) is 0 Å². The number of nitriles is 1. The summed E-state index contributed by atoms with van der Waals surface area (Å²) in [6.45, 7) is 3.27. The molecule has 0 unspecified atom stereocenters. The fourth-order valence-electron chi connectivity index (χ4n) is 2.08. The lowest BCUT2D eigenvalue weighted by atomic mass is 10.0. The van der Waals surface area contributed by atoms with E-state index in [-0.39, 0.29) is 6.42 Å². The molecule has 1 heterocycles. The van der Waals surface area contributed by atoms with Crippen LogP contribution in [0, 0.1) is 11.3 Å². The highest BCUT2D eigenvalue weighted by molar-refractivity contribution is 5.75. The lowest BCUT2D eigenvalue weighted by Crippen LogP contribution is -2.66. The Bertz CT molecular complexity index is 395. The molecule has 1 saturated heterocycles. The number of esters is 1. The molecule has 1 fully saturated rings. The van der Waals surface area contributed by atoms with E-state index < -0.39 is 29.8 Å². The highest BCUT2D eigenvalue weighted by Crippen LogP contribution is 2.40. The van der Waals surface area contributed by atoms with E-state index in [0.29, 0.717) is 6.42 Å². The first kappa shape index (κ1) is 16.9. The van der Waals surface area contributed by atoms with Crippen LogP contribution in [0.2, 0.25) is 0 Å². The topological polar surface area (TPSA) is 87.0 Å². The Balaban J connectivity index is 3.05. The fourth-order valence-corrected chi connectivity index (χ4v) is 2.08. The second kappa shape index (κ2) is 6.50. The highest BCUT2D eigenvalue weighted by atomic mass is 16.8. The largest absolute Gasteiger partial charge is 0.467 e. The molecule has 0 aliphatic carbocycles. The third-order valence-corrected chi connectivity index (χ3v) is 3.64. The van der Waals surface area contributed by atoms with Crippen molar-refractivity contribution >= 4 is 5.97 Å². The van der Waals surface area contributed by atoms with Crippen LogP contribution < -0.4 is 0 Å². The average Bonchev–Trinajstić information content (AvgIpc) is 2.47. The summed E-state index contributed by atoms with van der Waals surface area (Å²) in [4.78, 5) is 11.8. The second-order valence-electron chi connectivity index (χ2n) is 4.71. The van der Waals surface area contributed by atoms with E-state index in [9.17, 15) is 4.79 Å². The molecule has 1 rings (SSSR count). The molecule has 0 amide bonds. The molecule has 20 heavy (non-hydrogen) atoms. The Morgan fingerprint density at radius 1 is 1.20 bits per heavy atom. The monoisotopic (exact) mass is 287 g/mol. The molecule has 0 spiro atoms. The number of hydrogen-bond acceptors (Lipinski definition) is 7. The Hall–Kier alpha value is -1.20. The maximum Gasteiger partial charge on any atom is 0.337 e. The Kier molecular flexibility index (Phi) is 5.48. The molecule has 1 aliphatic heterocycles. The van der Waals surface area contributed by atoms with Gasteiger partial charge >= 0.3 is 5.97 Å². The van der Waals surface area contributed by atoms with Gasteiger partial charge in [-0.25, -0.2) is 4.79 Å². The summed E-state index contributed by atoms with van der Waals surface area (Å²) in [5.74, 6) is -3.05. The van der Waals surface area contributed by atoms with Crippen LogP contribution in [0.15, 0.2) is 0 Å². The number of ether oxygens (including phenoxy) is 5. The van der Waals surface area contributed by atoms with Crippen LogP contribution >= 0.6 is 0 Å². The van der Waals surface area contributed by atoms with E-state index in [1.165, 1.54) is 21.3 Å². The smallest absolute Gasteiger partial charge is 0.337 e. The molecular formula is C13H21NO6. The molecule has 7 heteroatoms. The molecule has 0 aromatic carbocycles. The van der Waals surface area contributed by atoms with Crippen LogP contribution in [-0.2, 0) is 28.5 Å². The summed E-state index contributed by atoms with van der Waals surface area (Å²) in [6, 6.07) is 2.01. The van der Waals surface area contributed by atoms with Gasteiger partial charge in [0, 0.05) is 20.6 Å². The van der Waals surface area contributed by atoms with E-state index in [1.807, 2.05) is 6.07 Å². The van der Waals surface area contributed by atoms with E-state index in [0.717, 1.165) is 0 Å². The standard InChI is InChI=1S/C13H21NO6/c1-12(17-4)13(2,18-5)20-10(11(15)16-3)9(19-12)7-6-8-14/h9-10H,6-7H2,1-5H3/t9-,10+,12+,13+/m1/s1. The molecule has 0 aromatic rings. The highest BCUT2D eigenvalue weighted by Gasteiger charge is 2.58. The maximum absolute atomic E-state index is 11.8. The number of carbonyl (C=O) groups excluding carboxylic acids is 1. The first-order valence-corrected chi connectivity index (χ1v) is 6.28. The Labute approximate surface area is 118 Å². The van der Waals surface area contributed by atoms with Gasteiger partial charge in [-0.05, 0) is 20.3 Å². The van der Waals surface area contributed by atoms with Gasteiger partial charge in [-0.2, -0.15) is 5.26 Å². The molecule has 7 nitrogen and oxygen atoms in total. The minimum atomic E-state index is -1.27. The van der Waals surface area contributed by atoms with Crippen molar-refractivity contribution in [3.05, 3.63) is 0 Å². The van der Waals surface area contributed by atoms with E-state index in [1.54, 1.807) is 13.8 Å². The minimum absolute atomic E-state index is 0.227. The molecule has 1 aliphatic rings. The lowest BCUT2D eigenvalue weighted by molar-refractivity contribution is -0.443. The van der Waals surface area contributed by atoms with Gasteiger partial charge in [-0.15, -0.1) is 0 Å². The van der Waals surface area contributed by atoms with Crippen LogP contribution in [0.3, 0.4) is 0 Å². The summed E-state index contributed by atoms with van der Waals surface area (Å²) in [5.41, 5.74) is 0. The molecule has 0 aromatic heterocycles. The fraction of sp³-hybridized carbons (Fsp3) is 0.846. The SMILES string of the molecule is COC(=O)[C@H]1O[C@](C)(OC)[C@@](C)(OC)O[C@@H]1CCC#N. The zero-order valence-corrected chi connectivity index (χ0v) is 12.5. The molecule has 0 N–H and O–H groups in total. The van der Waals surface area contributed by atoms with Crippen molar-refractivity contribution in [2.45, 2.75) is 50.5 Å². The van der Waals surface area contributed by atoms with Gasteiger partial charge in [0.2, 0.25) is 11.6 Å². The van der Waals surface area contributed by atoms with E-state index in [4.69, 9.17) is 28.9 Å². The first-order chi connectivity index (χ1) is 9.37. The summed E-state index contributed by atoms with van der Waals surface area (Å²) in [5, 5.41) is 8.70. The van der Waals surface area contributed by atoms with Gasteiger partial charge < -0.3 is 23.7 Å². The van der Waals surface area contributed by atoms with Crippen LogP contribution in [0.25, 0.3) is 0 Å². The van der Waals surface area contributed by atoms with Crippen molar-refractivity contribution in [1.29, 1.82) is 5.26 Å². The molecular weight excluding hydrogens is 266 g/mol. The van der Waals surface area contributed by atoms with Crippen molar-refractivity contribution in [3.8, 4) is 6.07 Å². The van der Waals surface area contributed by atoms with Crippen LogP contribution in [-0.4, -0.2) is 51.1 Å². The first-order valence-electron chi connectivity index (χ1n) is 6.28. The minimum Gasteiger partial charge on any atom is -0.467 e. The van der Waals surface area contributed by atoms with Crippen molar-refractivity contribution in [2.75, 3.05) is 21.3 Å². The number of rotatable bonds is 5. The van der Waals surface area contributed by atoms with Gasteiger partial charge in [0.1, 0.15) is 0 Å². The van der Waals surface area contributed by atoms with Gasteiger partial charge in [-0.3, -0.25) is 0 Å². The Morgan fingerprint density at radius 2 is 1.75 bits per heavy atom. The lowest BCUT2D eigenvalue weighted by Gasteiger charge is -2.51. The van der Waals surface area contributed by atoms with Crippen LogP contribution in [0.5, 0.6) is 0 Å². The van der Waals surface area contributed by atoms with Crippen molar-refractivity contribution in [1.82, 2.24) is 0 Å². The molecule has 0 saturated carbocycles. The zero-order valence-electron chi connectivity index (χ0n) is 12.5. The Morgan fingerprint density at radius 3 is 2.20 bits per heavy atom. The predicted octanol–water partition coefficient (Wildman–Crippen LogP) is 0.972. The third-order valence-electron chi connectivity index (χ3n) is 3.64. The number of methoxy groups -OCH3 is 3. The summed E-state index contributed by atoms with van der Waals surface area (Å²) in [7, 11) is 4.16. The summed E-state index contributed by atoms with van der Waals surface area (Å²) >= 11 is 0. The predicted molar refractivity (Wildman–Crippen MR) is 67.4 cm³/mol. The van der Waals surface area contributed by atoms with E-state index in [2.05, 4.69) is 0 Å². The zero-order chi connectivity index (χ0) is 15.4.